The van der Waals surface area contributed by atoms with Gasteiger partial charge < -0.3 is 16.0 Å². The predicted molar refractivity (Wildman–Crippen MR) is 95.2 cm³/mol. The maximum absolute atomic E-state index is 13.0. The van der Waals surface area contributed by atoms with Gasteiger partial charge in [-0.1, -0.05) is 29.3 Å². The lowest BCUT2D eigenvalue weighted by molar-refractivity contribution is -0.267. The number of hydrogen-bond donors (Lipinski definition) is 3. The summed E-state index contributed by atoms with van der Waals surface area (Å²) in [6.45, 7) is 0. The van der Waals surface area contributed by atoms with Crippen molar-refractivity contribution in [3.05, 3.63) is 52.5 Å². The summed E-state index contributed by atoms with van der Waals surface area (Å²) in [5.74, 6) is -8.11. The molecule has 150 valence electrons. The summed E-state index contributed by atoms with van der Waals surface area (Å²) in [5.41, 5.74) is -0.0619. The average Bonchev–Trinajstić information content (AvgIpc) is 2.57. The van der Waals surface area contributed by atoms with Gasteiger partial charge in [-0.2, -0.15) is 22.0 Å². The molecule has 0 fully saturated rings. The minimum absolute atomic E-state index is 0.0192. The van der Waals surface area contributed by atoms with Crippen LogP contribution in [0.4, 0.5) is 43.8 Å². The summed E-state index contributed by atoms with van der Waals surface area (Å²) in [5, 5.41) is 6.65. The van der Waals surface area contributed by atoms with Gasteiger partial charge >= 0.3 is 24.0 Å². The highest BCUT2D eigenvalue weighted by Gasteiger charge is 2.63. The topological polar surface area (TPSA) is 70.2 Å². The van der Waals surface area contributed by atoms with Crippen LogP contribution in [0.25, 0.3) is 0 Å². The van der Waals surface area contributed by atoms with E-state index in [1.807, 2.05) is 0 Å². The Kier molecular flexibility index (Phi) is 6.35. The number of amides is 3. The van der Waals surface area contributed by atoms with Crippen molar-refractivity contribution in [3.8, 4) is 0 Å². The van der Waals surface area contributed by atoms with E-state index in [1.54, 1.807) is 0 Å². The number of hydrogen-bond acceptors (Lipinski definition) is 2. The fourth-order valence-electron chi connectivity index (χ4n) is 1.88. The van der Waals surface area contributed by atoms with E-state index in [-0.39, 0.29) is 21.4 Å². The number of carbonyl (C=O) groups is 2. The number of carbonyl (C=O) groups excluding carboxylic acids is 2. The molecular formula is C16H10Cl2F5N3O2. The van der Waals surface area contributed by atoms with Gasteiger partial charge in [0.05, 0.1) is 10.0 Å². The van der Waals surface area contributed by atoms with Crippen LogP contribution in [0.2, 0.25) is 10.0 Å². The van der Waals surface area contributed by atoms with Crippen molar-refractivity contribution >= 4 is 52.2 Å². The Labute approximate surface area is 164 Å². The smallest absolute Gasteiger partial charge is 0.320 e. The van der Waals surface area contributed by atoms with E-state index in [0.717, 1.165) is 12.1 Å². The van der Waals surface area contributed by atoms with Crippen LogP contribution in [0.3, 0.4) is 0 Å². The number of alkyl halides is 5. The van der Waals surface area contributed by atoms with Gasteiger partial charge in [0.1, 0.15) is 0 Å². The van der Waals surface area contributed by atoms with Crippen LogP contribution in [0.15, 0.2) is 42.5 Å². The van der Waals surface area contributed by atoms with E-state index in [9.17, 15) is 31.5 Å². The van der Waals surface area contributed by atoms with Gasteiger partial charge in [0.2, 0.25) is 0 Å². The standard InChI is InChI=1S/C16H10Cl2F5N3O2/c17-11-5-4-10(7-12(11)18)26-14(28)25-9-3-1-2-8(6-9)24-13(27)15(19,20)16(21,22)23/h1-7H,(H,24,27)(H2,25,26,28). The number of rotatable bonds is 4. The molecule has 28 heavy (non-hydrogen) atoms. The van der Waals surface area contributed by atoms with Gasteiger partial charge in [0.15, 0.2) is 0 Å². The third-order valence-corrected chi connectivity index (χ3v) is 3.94. The van der Waals surface area contributed by atoms with Gasteiger partial charge in [-0.25, -0.2) is 4.79 Å². The first-order chi connectivity index (χ1) is 12.9. The maximum Gasteiger partial charge on any atom is 0.463 e. The van der Waals surface area contributed by atoms with Crippen molar-refractivity contribution in [2.75, 3.05) is 16.0 Å². The van der Waals surface area contributed by atoms with E-state index < -0.39 is 24.0 Å². The minimum atomic E-state index is -6.04. The summed E-state index contributed by atoms with van der Waals surface area (Å²) >= 11 is 11.6. The largest absolute Gasteiger partial charge is 0.463 e. The third kappa shape index (κ3) is 5.23. The molecule has 2 rings (SSSR count). The second-order valence-electron chi connectivity index (χ2n) is 5.32. The summed E-state index contributed by atoms with van der Waals surface area (Å²) in [6, 6.07) is 8.15. The summed E-state index contributed by atoms with van der Waals surface area (Å²) < 4.78 is 62.6. The summed E-state index contributed by atoms with van der Waals surface area (Å²) in [4.78, 5) is 23.2. The SMILES string of the molecule is O=C(Nc1cccc(NC(=O)C(F)(F)C(F)(F)F)c1)Nc1ccc(Cl)c(Cl)c1. The van der Waals surface area contributed by atoms with E-state index >= 15 is 0 Å². The maximum atomic E-state index is 13.0. The zero-order valence-electron chi connectivity index (χ0n) is 13.5. The minimum Gasteiger partial charge on any atom is -0.320 e. The molecule has 0 spiro atoms. The second kappa shape index (κ2) is 8.19. The molecule has 0 bridgehead atoms. The molecule has 0 saturated carbocycles. The molecule has 0 radical (unpaired) electrons. The van der Waals surface area contributed by atoms with Crippen molar-refractivity contribution in [1.82, 2.24) is 0 Å². The molecule has 3 amide bonds. The van der Waals surface area contributed by atoms with E-state index in [0.29, 0.717) is 5.69 Å². The summed E-state index contributed by atoms with van der Waals surface area (Å²) in [7, 11) is 0. The van der Waals surface area contributed by atoms with Crippen LogP contribution in [0, 0.1) is 0 Å². The Morgan fingerprint density at radius 1 is 0.750 bits per heavy atom. The number of urea groups is 1. The number of benzene rings is 2. The first-order valence-electron chi connectivity index (χ1n) is 7.29. The van der Waals surface area contributed by atoms with Crippen molar-refractivity contribution in [3.63, 3.8) is 0 Å². The average molecular weight is 442 g/mol. The molecule has 2 aromatic rings. The van der Waals surface area contributed by atoms with Crippen LogP contribution >= 0.6 is 23.2 Å². The Hall–Kier alpha value is -2.59. The van der Waals surface area contributed by atoms with E-state index in [2.05, 4.69) is 10.6 Å². The quantitative estimate of drug-likeness (QED) is 0.526. The predicted octanol–water partition coefficient (Wildman–Crippen LogP) is 5.77. The molecule has 5 nitrogen and oxygen atoms in total. The van der Waals surface area contributed by atoms with E-state index in [4.69, 9.17) is 23.2 Å². The Morgan fingerprint density at radius 3 is 1.82 bits per heavy atom. The van der Waals surface area contributed by atoms with Crippen LogP contribution in [0.5, 0.6) is 0 Å². The Bertz CT molecular complexity index is 906. The van der Waals surface area contributed by atoms with Crippen LogP contribution in [0.1, 0.15) is 0 Å². The van der Waals surface area contributed by atoms with Gasteiger partial charge in [0, 0.05) is 17.1 Å². The first kappa shape index (κ1) is 21.7. The van der Waals surface area contributed by atoms with Gasteiger partial charge in [-0.05, 0) is 36.4 Å². The summed E-state index contributed by atoms with van der Waals surface area (Å²) in [6.07, 6.45) is -6.04. The lowest BCUT2D eigenvalue weighted by atomic mass is 10.2. The molecule has 3 N–H and O–H groups in total. The zero-order chi connectivity index (χ0) is 21.1. The van der Waals surface area contributed by atoms with Crippen LogP contribution in [-0.4, -0.2) is 24.0 Å². The number of anilines is 3. The van der Waals surface area contributed by atoms with Gasteiger partial charge in [0.25, 0.3) is 0 Å². The monoisotopic (exact) mass is 441 g/mol. The van der Waals surface area contributed by atoms with Gasteiger partial charge in [-0.3, -0.25) is 4.79 Å². The van der Waals surface area contributed by atoms with Crippen molar-refractivity contribution in [2.24, 2.45) is 0 Å². The second-order valence-corrected chi connectivity index (χ2v) is 6.13. The third-order valence-electron chi connectivity index (χ3n) is 3.20. The molecule has 0 atom stereocenters. The van der Waals surface area contributed by atoms with Crippen molar-refractivity contribution in [1.29, 1.82) is 0 Å². The molecule has 0 unspecified atom stereocenters. The zero-order valence-corrected chi connectivity index (χ0v) is 15.0. The lowest BCUT2D eigenvalue weighted by Crippen LogP contribution is -2.47. The fourth-order valence-corrected chi connectivity index (χ4v) is 2.18. The highest BCUT2D eigenvalue weighted by atomic mass is 35.5. The van der Waals surface area contributed by atoms with E-state index in [1.165, 1.54) is 35.6 Å². The number of nitrogens with one attached hydrogen (secondary N) is 3. The molecule has 0 aromatic heterocycles. The number of halogens is 7. The molecule has 0 heterocycles. The molecule has 0 saturated heterocycles. The Balaban J connectivity index is 2.05. The highest BCUT2D eigenvalue weighted by Crippen LogP contribution is 2.36. The highest BCUT2D eigenvalue weighted by molar-refractivity contribution is 6.42. The molecule has 0 aliphatic rings. The lowest BCUT2D eigenvalue weighted by Gasteiger charge is -2.18. The normalized spacial score (nSPS) is 11.7. The van der Waals surface area contributed by atoms with Gasteiger partial charge in [-0.15, -0.1) is 0 Å². The van der Waals surface area contributed by atoms with Crippen LogP contribution in [-0.2, 0) is 4.79 Å². The fraction of sp³-hybridized carbons (Fsp3) is 0.125. The molecular weight excluding hydrogens is 432 g/mol. The molecule has 2 aromatic carbocycles. The molecule has 0 aliphatic carbocycles. The van der Waals surface area contributed by atoms with Crippen molar-refractivity contribution < 1.29 is 31.5 Å². The Morgan fingerprint density at radius 2 is 1.29 bits per heavy atom. The molecule has 0 aliphatic heterocycles. The molecule has 12 heteroatoms. The van der Waals surface area contributed by atoms with Crippen molar-refractivity contribution in [2.45, 2.75) is 12.1 Å². The van der Waals surface area contributed by atoms with Crippen LogP contribution < -0.4 is 16.0 Å². The first-order valence-corrected chi connectivity index (χ1v) is 8.05.